The van der Waals surface area contributed by atoms with Gasteiger partial charge in [0.25, 0.3) is 0 Å². The molecule has 0 aromatic rings. The van der Waals surface area contributed by atoms with Crippen LogP contribution < -0.4 is 15.5 Å². The summed E-state index contributed by atoms with van der Waals surface area (Å²) in [6, 6.07) is 0. The molecule has 0 aliphatic heterocycles. The lowest BCUT2D eigenvalue weighted by Gasteiger charge is -2.42. The summed E-state index contributed by atoms with van der Waals surface area (Å²) < 4.78 is 10.0. The van der Waals surface area contributed by atoms with Gasteiger partial charge in [0.05, 0.1) is 0 Å². The number of hydrogen-bond donors (Lipinski definition) is 1. The van der Waals surface area contributed by atoms with E-state index in [1.54, 1.807) is 0 Å². The average molecular weight is 137 g/mol. The molecule has 0 aliphatic carbocycles. The Hall–Kier alpha value is 0.110. The van der Waals surface area contributed by atoms with E-state index in [2.05, 4.69) is 0 Å². The molecular weight excluding hydrogens is 129 g/mol. The van der Waals surface area contributed by atoms with Gasteiger partial charge in [-0.3, -0.25) is 0 Å². The predicted molar refractivity (Wildman–Crippen MR) is 25.9 cm³/mol. The van der Waals surface area contributed by atoms with Crippen molar-refractivity contribution in [3.63, 3.8) is 0 Å². The van der Waals surface area contributed by atoms with Crippen LogP contribution >= 0.6 is 7.60 Å². The second-order valence-corrected chi connectivity index (χ2v) is 4.30. The molecule has 0 atom stereocenters. The molecule has 0 aromatic heterocycles. The molecule has 2 N–H and O–H groups in total. The molecule has 0 heterocycles. The van der Waals surface area contributed by atoms with Crippen LogP contribution in [0.15, 0.2) is 0 Å². The Morgan fingerprint density at radius 1 is 1.50 bits per heavy atom. The molecule has 0 bridgehead atoms. The van der Waals surface area contributed by atoms with Gasteiger partial charge in [-0.15, -0.1) is 0 Å². The van der Waals surface area contributed by atoms with Crippen molar-refractivity contribution in [2.24, 2.45) is 5.73 Å². The molecule has 0 rings (SSSR count). The Kier molecular flexibility index (Phi) is 1.83. The van der Waals surface area contributed by atoms with Crippen LogP contribution in [0, 0.1) is 0 Å². The minimum Gasteiger partial charge on any atom is -0.809 e. The van der Waals surface area contributed by atoms with Gasteiger partial charge in [-0.1, -0.05) is 0 Å². The molecule has 0 amide bonds. The van der Waals surface area contributed by atoms with Crippen LogP contribution in [0.2, 0.25) is 0 Å². The summed E-state index contributed by atoms with van der Waals surface area (Å²) in [7, 11) is -4.57. The molecular formula is C3H8NO3P-2. The lowest BCUT2D eigenvalue weighted by Crippen LogP contribution is -2.41. The van der Waals surface area contributed by atoms with Gasteiger partial charge in [0.15, 0.2) is 0 Å². The van der Waals surface area contributed by atoms with Crippen LogP contribution in [0.5, 0.6) is 0 Å². The van der Waals surface area contributed by atoms with E-state index in [0.717, 1.165) is 13.8 Å². The van der Waals surface area contributed by atoms with E-state index in [9.17, 15) is 14.4 Å². The van der Waals surface area contributed by atoms with Crippen LogP contribution in [-0.2, 0) is 4.57 Å². The highest BCUT2D eigenvalue weighted by atomic mass is 31.2. The summed E-state index contributed by atoms with van der Waals surface area (Å²) in [5.41, 5.74) is 4.92. The molecule has 0 fully saturated rings. The lowest BCUT2D eigenvalue weighted by atomic mass is 10.4. The van der Waals surface area contributed by atoms with Crippen LogP contribution in [0.3, 0.4) is 0 Å². The topological polar surface area (TPSA) is 89.2 Å². The number of rotatable bonds is 1. The van der Waals surface area contributed by atoms with E-state index in [0.29, 0.717) is 0 Å². The fourth-order valence-corrected chi connectivity index (χ4v) is 0. The maximum absolute atomic E-state index is 10.0. The SMILES string of the molecule is CC(C)(N)P(=O)([O-])[O-]. The van der Waals surface area contributed by atoms with Gasteiger partial charge >= 0.3 is 0 Å². The Bertz CT molecular complexity index is 121. The van der Waals surface area contributed by atoms with Crippen LogP contribution in [0.25, 0.3) is 0 Å². The molecule has 0 spiro atoms. The first-order valence-electron chi connectivity index (χ1n) is 2.06. The highest BCUT2D eigenvalue weighted by Gasteiger charge is 2.14. The largest absolute Gasteiger partial charge is 0.809 e. The van der Waals surface area contributed by atoms with Gasteiger partial charge in [0, 0.05) is 5.28 Å². The summed E-state index contributed by atoms with van der Waals surface area (Å²) >= 11 is 0. The molecule has 0 radical (unpaired) electrons. The molecule has 5 heteroatoms. The van der Waals surface area contributed by atoms with E-state index >= 15 is 0 Å². The third kappa shape index (κ3) is 1.92. The maximum atomic E-state index is 10.0. The molecule has 50 valence electrons. The number of nitrogens with two attached hydrogens (primary N) is 1. The predicted octanol–water partition coefficient (Wildman–Crippen LogP) is -1.41. The standard InChI is InChI=1S/C3H10NO3P/c1-3(2,4)8(5,6)7/h4H2,1-2H3,(H2,5,6,7)/p-2. The van der Waals surface area contributed by atoms with Crippen molar-refractivity contribution in [1.29, 1.82) is 0 Å². The molecule has 0 saturated heterocycles. The van der Waals surface area contributed by atoms with Gasteiger partial charge in [-0.2, -0.15) is 0 Å². The number of hydrogen-bond acceptors (Lipinski definition) is 4. The van der Waals surface area contributed by atoms with Crippen molar-refractivity contribution in [1.82, 2.24) is 0 Å². The summed E-state index contributed by atoms with van der Waals surface area (Å²) in [6.07, 6.45) is 0. The van der Waals surface area contributed by atoms with E-state index in [1.165, 1.54) is 0 Å². The third-order valence-corrected chi connectivity index (χ3v) is 2.12. The van der Waals surface area contributed by atoms with Gasteiger partial charge in [0.2, 0.25) is 0 Å². The zero-order valence-corrected chi connectivity index (χ0v) is 5.64. The summed E-state index contributed by atoms with van der Waals surface area (Å²) in [4.78, 5) is 20.0. The molecule has 0 unspecified atom stereocenters. The Morgan fingerprint density at radius 3 is 1.62 bits per heavy atom. The van der Waals surface area contributed by atoms with Crippen molar-refractivity contribution < 1.29 is 14.4 Å². The Balaban J connectivity index is 4.26. The summed E-state index contributed by atoms with van der Waals surface area (Å²) in [5, 5.41) is -1.62. The van der Waals surface area contributed by atoms with E-state index in [-0.39, 0.29) is 0 Å². The van der Waals surface area contributed by atoms with E-state index in [1.807, 2.05) is 0 Å². The average Bonchev–Trinajstić information content (AvgIpc) is 1.25. The second kappa shape index (κ2) is 1.81. The molecule has 4 nitrogen and oxygen atoms in total. The van der Waals surface area contributed by atoms with Crippen LogP contribution in [0.1, 0.15) is 13.8 Å². The first kappa shape index (κ1) is 8.11. The van der Waals surface area contributed by atoms with E-state index < -0.39 is 12.9 Å². The normalized spacial score (nSPS) is 14.1. The minimum atomic E-state index is -4.57. The van der Waals surface area contributed by atoms with Crippen molar-refractivity contribution in [3.8, 4) is 0 Å². The smallest absolute Gasteiger partial charge is 0.0376 e. The Morgan fingerprint density at radius 2 is 1.62 bits per heavy atom. The zero-order valence-electron chi connectivity index (χ0n) is 4.75. The van der Waals surface area contributed by atoms with Crippen molar-refractivity contribution >= 4 is 7.60 Å². The third-order valence-electron chi connectivity index (χ3n) is 0.706. The van der Waals surface area contributed by atoms with Gasteiger partial charge in [0.1, 0.15) is 0 Å². The highest BCUT2D eigenvalue weighted by molar-refractivity contribution is 7.50. The van der Waals surface area contributed by atoms with Gasteiger partial charge in [-0.05, 0) is 21.4 Å². The summed E-state index contributed by atoms with van der Waals surface area (Å²) in [5.74, 6) is 0. The van der Waals surface area contributed by atoms with E-state index in [4.69, 9.17) is 5.73 Å². The fourth-order valence-electron chi connectivity index (χ4n) is 0. The highest BCUT2D eigenvalue weighted by Crippen LogP contribution is 2.36. The van der Waals surface area contributed by atoms with Crippen molar-refractivity contribution in [3.05, 3.63) is 0 Å². The van der Waals surface area contributed by atoms with Crippen LogP contribution in [0.4, 0.5) is 0 Å². The molecule has 8 heavy (non-hydrogen) atoms. The monoisotopic (exact) mass is 137 g/mol. The lowest BCUT2D eigenvalue weighted by molar-refractivity contribution is -0.320. The second-order valence-electron chi connectivity index (χ2n) is 2.15. The maximum Gasteiger partial charge on any atom is 0.0376 e. The molecule has 0 saturated carbocycles. The first-order chi connectivity index (χ1) is 3.25. The fraction of sp³-hybridized carbons (Fsp3) is 1.00. The molecule has 0 aromatic carbocycles. The molecule has 0 aliphatic rings. The zero-order chi connectivity index (χ0) is 7.00. The van der Waals surface area contributed by atoms with Crippen LogP contribution in [-0.4, -0.2) is 5.28 Å². The van der Waals surface area contributed by atoms with Crippen molar-refractivity contribution in [2.75, 3.05) is 0 Å². The minimum absolute atomic E-state index is 1.16. The summed E-state index contributed by atoms with van der Waals surface area (Å²) in [6.45, 7) is 2.32. The van der Waals surface area contributed by atoms with Gasteiger partial charge in [-0.25, -0.2) is 0 Å². The van der Waals surface area contributed by atoms with Crippen molar-refractivity contribution in [2.45, 2.75) is 19.1 Å². The first-order valence-corrected chi connectivity index (χ1v) is 3.60. The quantitative estimate of drug-likeness (QED) is 0.450. The van der Waals surface area contributed by atoms with Gasteiger partial charge < -0.3 is 20.1 Å². The Labute approximate surface area is 47.9 Å².